The number of para-hydroxylation sites is 1. The number of aromatic nitrogens is 1. The molecule has 0 spiro atoms. The minimum atomic E-state index is -0.636. The molecular weight excluding hydrogens is 402 g/mol. The Morgan fingerprint density at radius 2 is 1.93 bits per heavy atom. The molecule has 0 aliphatic rings. The summed E-state index contributed by atoms with van der Waals surface area (Å²) in [5.74, 6) is -1.75. The number of amides is 2. The van der Waals surface area contributed by atoms with Crippen LogP contribution in [0.5, 0.6) is 0 Å². The number of rotatable bonds is 8. The van der Waals surface area contributed by atoms with Gasteiger partial charge in [-0.1, -0.05) is 38.5 Å². The van der Waals surface area contributed by atoms with Gasteiger partial charge in [0.05, 0.1) is 16.6 Å². The van der Waals surface area contributed by atoms with Crippen LogP contribution < -0.4 is 11.1 Å². The van der Waals surface area contributed by atoms with Gasteiger partial charge in [-0.25, -0.2) is 4.79 Å². The molecule has 2 amide bonds. The first-order chi connectivity index (χ1) is 14.5. The van der Waals surface area contributed by atoms with Gasteiger partial charge in [0.2, 0.25) is 0 Å². The maximum Gasteiger partial charge on any atom is 0.339 e. The third-order valence-corrected chi connectivity index (χ3v) is 5.47. The Bertz CT molecular complexity index is 1110. The van der Waals surface area contributed by atoms with Gasteiger partial charge in [-0.15, -0.1) is 11.3 Å². The molecule has 0 bridgehead atoms. The molecule has 30 heavy (non-hydrogen) atoms. The number of hydrogen-bond acceptors (Lipinski definition) is 6. The van der Waals surface area contributed by atoms with Crippen LogP contribution in [-0.4, -0.2) is 29.4 Å². The van der Waals surface area contributed by atoms with Gasteiger partial charge in [0, 0.05) is 11.1 Å². The summed E-state index contributed by atoms with van der Waals surface area (Å²) >= 11 is 1.17. The molecular formula is C22H23N3O4S. The second kappa shape index (κ2) is 9.49. The Morgan fingerprint density at radius 1 is 1.17 bits per heavy atom. The van der Waals surface area contributed by atoms with Gasteiger partial charge in [-0.05, 0) is 35.9 Å². The molecule has 0 atom stereocenters. The van der Waals surface area contributed by atoms with Gasteiger partial charge in [-0.2, -0.15) is 0 Å². The molecule has 3 rings (SSSR count). The number of carbonyl (C=O) groups is 3. The molecule has 2 aromatic heterocycles. The number of thiophene rings is 1. The number of carbonyl (C=O) groups excluding carboxylic acids is 3. The van der Waals surface area contributed by atoms with Crippen molar-refractivity contribution >= 4 is 45.0 Å². The summed E-state index contributed by atoms with van der Waals surface area (Å²) in [6.45, 7) is 3.55. The molecule has 0 radical (unpaired) electrons. The standard InChI is InChI=1S/C22H23N3O4S/c1-3-7-16-13(4-2)19(14-8-5-6-9-17(14)24-16)22(28)29-12-18(26)25-21-15(20(23)27)10-11-30-21/h5-6,8-11H,3-4,7,12H2,1-2H3,(H2,23,27)(H,25,26). The molecule has 0 fully saturated rings. The summed E-state index contributed by atoms with van der Waals surface area (Å²) in [6, 6.07) is 8.93. The largest absolute Gasteiger partial charge is 0.452 e. The smallest absolute Gasteiger partial charge is 0.339 e. The van der Waals surface area contributed by atoms with E-state index in [0.29, 0.717) is 22.4 Å². The highest BCUT2D eigenvalue weighted by molar-refractivity contribution is 7.14. The highest BCUT2D eigenvalue weighted by atomic mass is 32.1. The van der Waals surface area contributed by atoms with Crippen LogP contribution in [0.25, 0.3) is 10.9 Å². The maximum atomic E-state index is 13.0. The molecule has 156 valence electrons. The first-order valence-corrected chi connectivity index (χ1v) is 10.6. The van der Waals surface area contributed by atoms with Crippen LogP contribution in [0.15, 0.2) is 35.7 Å². The van der Waals surface area contributed by atoms with Crippen LogP contribution in [0, 0.1) is 0 Å². The molecule has 0 aliphatic heterocycles. The van der Waals surface area contributed by atoms with E-state index >= 15 is 0 Å². The van der Waals surface area contributed by atoms with Crippen LogP contribution >= 0.6 is 11.3 Å². The van der Waals surface area contributed by atoms with Crippen molar-refractivity contribution in [1.29, 1.82) is 0 Å². The normalized spacial score (nSPS) is 10.7. The van der Waals surface area contributed by atoms with Gasteiger partial charge in [0.25, 0.3) is 11.8 Å². The highest BCUT2D eigenvalue weighted by Crippen LogP contribution is 2.26. The number of nitrogens with one attached hydrogen (secondary N) is 1. The number of fused-ring (bicyclic) bond motifs is 1. The third-order valence-electron chi connectivity index (χ3n) is 4.64. The Morgan fingerprint density at radius 3 is 2.63 bits per heavy atom. The number of anilines is 1. The van der Waals surface area contributed by atoms with E-state index in [1.807, 2.05) is 31.2 Å². The molecule has 0 aliphatic carbocycles. The van der Waals surface area contributed by atoms with Crippen molar-refractivity contribution in [2.75, 3.05) is 11.9 Å². The molecule has 7 nitrogen and oxygen atoms in total. The zero-order valence-electron chi connectivity index (χ0n) is 16.9. The number of nitrogens with two attached hydrogens (primary N) is 1. The van der Waals surface area contributed by atoms with Crippen LogP contribution in [0.2, 0.25) is 0 Å². The Labute approximate surface area is 178 Å². The second-order valence-corrected chi connectivity index (χ2v) is 7.60. The zero-order chi connectivity index (χ0) is 21.7. The minimum absolute atomic E-state index is 0.220. The molecule has 0 saturated heterocycles. The highest BCUT2D eigenvalue weighted by Gasteiger charge is 2.21. The van der Waals surface area contributed by atoms with E-state index in [1.165, 1.54) is 17.4 Å². The van der Waals surface area contributed by atoms with Crippen LogP contribution in [0.1, 0.15) is 52.2 Å². The number of ether oxygens (including phenoxy) is 1. The lowest BCUT2D eigenvalue weighted by Crippen LogP contribution is -2.23. The van der Waals surface area contributed by atoms with E-state index < -0.39 is 24.4 Å². The molecule has 0 saturated carbocycles. The summed E-state index contributed by atoms with van der Waals surface area (Å²) in [5, 5.41) is 5.25. The van der Waals surface area contributed by atoms with Gasteiger partial charge >= 0.3 is 5.97 Å². The molecule has 2 heterocycles. The van der Waals surface area contributed by atoms with E-state index in [9.17, 15) is 14.4 Å². The number of pyridine rings is 1. The van der Waals surface area contributed by atoms with Gasteiger partial charge in [-0.3, -0.25) is 14.6 Å². The lowest BCUT2D eigenvalue weighted by atomic mass is 9.96. The summed E-state index contributed by atoms with van der Waals surface area (Å²) < 4.78 is 5.33. The van der Waals surface area contributed by atoms with E-state index in [0.717, 1.165) is 29.6 Å². The van der Waals surface area contributed by atoms with E-state index in [1.54, 1.807) is 5.38 Å². The summed E-state index contributed by atoms with van der Waals surface area (Å²) in [7, 11) is 0. The number of nitrogens with zero attached hydrogens (tertiary/aromatic N) is 1. The number of hydrogen-bond donors (Lipinski definition) is 2. The van der Waals surface area contributed by atoms with Gasteiger partial charge in [0.15, 0.2) is 6.61 Å². The fourth-order valence-corrected chi connectivity index (χ4v) is 4.13. The number of benzene rings is 1. The van der Waals surface area contributed by atoms with Crippen LogP contribution in [0.4, 0.5) is 5.00 Å². The maximum absolute atomic E-state index is 13.0. The van der Waals surface area contributed by atoms with Gasteiger partial charge in [0.1, 0.15) is 5.00 Å². The molecule has 8 heteroatoms. The van der Waals surface area contributed by atoms with E-state index in [-0.39, 0.29) is 5.56 Å². The Hall–Kier alpha value is -3.26. The molecule has 0 unspecified atom stereocenters. The Kier molecular flexibility index (Phi) is 6.79. The minimum Gasteiger partial charge on any atom is -0.452 e. The number of esters is 1. The predicted octanol–water partition coefficient (Wildman–Crippen LogP) is 3.71. The average Bonchev–Trinajstić information content (AvgIpc) is 3.19. The third kappa shape index (κ3) is 4.49. The van der Waals surface area contributed by atoms with Crippen LogP contribution in [-0.2, 0) is 22.4 Å². The topological polar surface area (TPSA) is 111 Å². The second-order valence-electron chi connectivity index (χ2n) is 6.68. The van der Waals surface area contributed by atoms with Gasteiger partial charge < -0.3 is 15.8 Å². The molecule has 1 aromatic carbocycles. The lowest BCUT2D eigenvalue weighted by molar-refractivity contribution is -0.119. The SMILES string of the molecule is CCCc1nc2ccccc2c(C(=O)OCC(=O)Nc2sccc2C(N)=O)c1CC. The van der Waals surface area contributed by atoms with Crippen molar-refractivity contribution in [1.82, 2.24) is 4.98 Å². The Balaban J connectivity index is 1.83. The van der Waals surface area contributed by atoms with Crippen molar-refractivity contribution in [2.24, 2.45) is 5.73 Å². The average molecular weight is 426 g/mol. The fourth-order valence-electron chi connectivity index (χ4n) is 3.33. The fraction of sp³-hybridized carbons (Fsp3) is 0.273. The van der Waals surface area contributed by atoms with Crippen molar-refractivity contribution < 1.29 is 19.1 Å². The summed E-state index contributed by atoms with van der Waals surface area (Å²) in [5.41, 5.74) is 8.39. The summed E-state index contributed by atoms with van der Waals surface area (Å²) in [6.07, 6.45) is 2.28. The molecule has 3 N–H and O–H groups in total. The van der Waals surface area contributed by atoms with Crippen molar-refractivity contribution in [3.8, 4) is 0 Å². The van der Waals surface area contributed by atoms with E-state index in [4.69, 9.17) is 15.5 Å². The monoisotopic (exact) mass is 425 g/mol. The quantitative estimate of drug-likeness (QED) is 0.535. The zero-order valence-corrected chi connectivity index (χ0v) is 17.7. The number of primary amides is 1. The first kappa shape index (κ1) is 21.4. The number of aryl methyl sites for hydroxylation is 1. The first-order valence-electron chi connectivity index (χ1n) is 9.71. The lowest BCUT2D eigenvalue weighted by Gasteiger charge is -2.15. The van der Waals surface area contributed by atoms with Crippen molar-refractivity contribution in [2.45, 2.75) is 33.1 Å². The van der Waals surface area contributed by atoms with Crippen molar-refractivity contribution in [3.63, 3.8) is 0 Å². The van der Waals surface area contributed by atoms with Crippen LogP contribution in [0.3, 0.4) is 0 Å². The molecule has 3 aromatic rings. The summed E-state index contributed by atoms with van der Waals surface area (Å²) in [4.78, 5) is 41.3. The van der Waals surface area contributed by atoms with E-state index in [2.05, 4.69) is 12.2 Å². The predicted molar refractivity (Wildman–Crippen MR) is 117 cm³/mol. The van der Waals surface area contributed by atoms with Crippen molar-refractivity contribution in [3.05, 3.63) is 58.1 Å².